The third kappa shape index (κ3) is 4.83. The molecule has 0 unspecified atom stereocenters. The lowest BCUT2D eigenvalue weighted by molar-refractivity contribution is 0.0639. The summed E-state index contributed by atoms with van der Waals surface area (Å²) in [4.78, 5) is 26.1. The highest BCUT2D eigenvalue weighted by Crippen LogP contribution is 2.13. The molecule has 2 rings (SSSR count). The Hall–Kier alpha value is -2.34. The SMILES string of the molecule is COCCN(CC(C)C)C(=O)c1ccc(Cn2ccccc2=O)o1. The number of rotatable bonds is 8. The molecule has 0 aliphatic rings. The smallest absolute Gasteiger partial charge is 0.289 e. The van der Waals surface area contributed by atoms with Gasteiger partial charge in [-0.3, -0.25) is 9.59 Å². The Morgan fingerprint density at radius 3 is 2.75 bits per heavy atom. The fourth-order valence-corrected chi connectivity index (χ4v) is 2.41. The van der Waals surface area contributed by atoms with Crippen molar-refractivity contribution >= 4 is 5.91 Å². The van der Waals surface area contributed by atoms with E-state index in [1.807, 2.05) is 0 Å². The number of pyridine rings is 1. The van der Waals surface area contributed by atoms with Gasteiger partial charge in [-0.15, -0.1) is 0 Å². The Kier molecular flexibility index (Phi) is 6.37. The van der Waals surface area contributed by atoms with E-state index >= 15 is 0 Å². The van der Waals surface area contributed by atoms with Crippen molar-refractivity contribution in [3.8, 4) is 0 Å². The number of carbonyl (C=O) groups excluding carboxylic acids is 1. The number of aromatic nitrogens is 1. The Morgan fingerprint density at radius 2 is 2.08 bits per heavy atom. The van der Waals surface area contributed by atoms with Gasteiger partial charge in [-0.05, 0) is 24.1 Å². The molecule has 0 aliphatic carbocycles. The van der Waals surface area contributed by atoms with E-state index < -0.39 is 0 Å². The van der Waals surface area contributed by atoms with Gasteiger partial charge in [-0.2, -0.15) is 0 Å². The largest absolute Gasteiger partial charge is 0.454 e. The molecule has 2 aromatic heterocycles. The van der Waals surface area contributed by atoms with Crippen LogP contribution in [0.15, 0.2) is 45.7 Å². The molecular weight excluding hydrogens is 308 g/mol. The van der Waals surface area contributed by atoms with Gasteiger partial charge in [0.1, 0.15) is 5.76 Å². The second-order valence-corrected chi connectivity index (χ2v) is 6.07. The van der Waals surface area contributed by atoms with Crippen LogP contribution in [0.5, 0.6) is 0 Å². The first kappa shape index (κ1) is 18.0. The van der Waals surface area contributed by atoms with Gasteiger partial charge in [-0.1, -0.05) is 19.9 Å². The summed E-state index contributed by atoms with van der Waals surface area (Å²) in [5.41, 5.74) is -0.108. The Balaban J connectivity index is 2.11. The van der Waals surface area contributed by atoms with Gasteiger partial charge in [0.05, 0.1) is 13.2 Å². The molecular formula is C18H24N2O4. The van der Waals surface area contributed by atoms with E-state index in [-0.39, 0.29) is 17.2 Å². The highest BCUT2D eigenvalue weighted by atomic mass is 16.5. The first-order valence-electron chi connectivity index (χ1n) is 8.03. The normalized spacial score (nSPS) is 11.0. The molecule has 0 atom stereocenters. The molecule has 6 nitrogen and oxygen atoms in total. The van der Waals surface area contributed by atoms with Crippen molar-refractivity contribution < 1.29 is 13.9 Å². The van der Waals surface area contributed by atoms with Crippen molar-refractivity contribution in [1.82, 2.24) is 9.47 Å². The third-order valence-electron chi connectivity index (χ3n) is 3.54. The predicted octanol–water partition coefficient (Wildman–Crippen LogP) is 2.23. The van der Waals surface area contributed by atoms with E-state index in [9.17, 15) is 9.59 Å². The summed E-state index contributed by atoms with van der Waals surface area (Å²) in [5.74, 6) is 1.05. The lowest BCUT2D eigenvalue weighted by atomic mass is 10.2. The molecule has 0 saturated heterocycles. The predicted molar refractivity (Wildman–Crippen MR) is 91.1 cm³/mol. The van der Waals surface area contributed by atoms with Crippen LogP contribution in [0.3, 0.4) is 0 Å². The van der Waals surface area contributed by atoms with Gasteiger partial charge in [0, 0.05) is 32.5 Å². The van der Waals surface area contributed by atoms with E-state index in [0.29, 0.717) is 37.9 Å². The zero-order chi connectivity index (χ0) is 17.5. The minimum atomic E-state index is -0.160. The van der Waals surface area contributed by atoms with Crippen molar-refractivity contribution in [3.05, 3.63) is 58.4 Å². The first-order valence-corrected chi connectivity index (χ1v) is 8.03. The molecule has 0 aromatic carbocycles. The zero-order valence-corrected chi connectivity index (χ0v) is 14.4. The van der Waals surface area contributed by atoms with Gasteiger partial charge >= 0.3 is 0 Å². The van der Waals surface area contributed by atoms with Crippen LogP contribution < -0.4 is 5.56 Å². The monoisotopic (exact) mass is 332 g/mol. The second-order valence-electron chi connectivity index (χ2n) is 6.07. The molecule has 0 bridgehead atoms. The number of hydrogen-bond donors (Lipinski definition) is 0. The van der Waals surface area contributed by atoms with Crippen molar-refractivity contribution in [3.63, 3.8) is 0 Å². The van der Waals surface area contributed by atoms with Crippen LogP contribution >= 0.6 is 0 Å². The minimum Gasteiger partial charge on any atom is -0.454 e. The van der Waals surface area contributed by atoms with Crippen LogP contribution in [0.1, 0.15) is 30.2 Å². The summed E-state index contributed by atoms with van der Waals surface area (Å²) < 4.78 is 12.3. The standard InChI is InChI=1S/C18H24N2O4/c1-14(2)12-20(10-11-23-3)18(22)16-8-7-15(24-16)13-19-9-5-4-6-17(19)21/h4-9,14H,10-13H2,1-3H3. The number of carbonyl (C=O) groups is 1. The summed E-state index contributed by atoms with van der Waals surface area (Å²) >= 11 is 0. The van der Waals surface area contributed by atoms with Crippen molar-refractivity contribution in [2.75, 3.05) is 26.8 Å². The van der Waals surface area contributed by atoms with E-state index in [1.54, 1.807) is 42.5 Å². The number of hydrogen-bond acceptors (Lipinski definition) is 4. The van der Waals surface area contributed by atoms with Gasteiger partial charge in [-0.25, -0.2) is 0 Å². The maximum Gasteiger partial charge on any atom is 0.289 e. The van der Waals surface area contributed by atoms with Crippen LogP contribution in [0.2, 0.25) is 0 Å². The van der Waals surface area contributed by atoms with E-state index in [0.717, 1.165) is 0 Å². The molecule has 0 N–H and O–H groups in total. The summed E-state index contributed by atoms with van der Waals surface area (Å²) in [6.07, 6.45) is 1.69. The molecule has 0 spiro atoms. The lowest BCUT2D eigenvalue weighted by Gasteiger charge is -2.23. The van der Waals surface area contributed by atoms with Gasteiger partial charge in [0.15, 0.2) is 5.76 Å². The highest BCUT2D eigenvalue weighted by Gasteiger charge is 2.20. The Morgan fingerprint density at radius 1 is 1.29 bits per heavy atom. The summed E-state index contributed by atoms with van der Waals surface area (Å²) in [7, 11) is 1.61. The molecule has 6 heteroatoms. The maximum absolute atomic E-state index is 12.6. The molecule has 0 radical (unpaired) electrons. The average Bonchev–Trinajstić information content (AvgIpc) is 3.01. The van der Waals surface area contributed by atoms with Crippen molar-refractivity contribution in [1.29, 1.82) is 0 Å². The molecule has 130 valence electrons. The fourth-order valence-electron chi connectivity index (χ4n) is 2.41. The summed E-state index contributed by atoms with van der Waals surface area (Å²) in [6, 6.07) is 8.35. The van der Waals surface area contributed by atoms with Crippen LogP contribution in [0.4, 0.5) is 0 Å². The number of furan rings is 1. The van der Waals surface area contributed by atoms with Gasteiger partial charge in [0.2, 0.25) is 0 Å². The first-order chi connectivity index (χ1) is 11.5. The van der Waals surface area contributed by atoms with E-state index in [1.165, 1.54) is 10.6 Å². The second kappa shape index (κ2) is 8.49. The van der Waals surface area contributed by atoms with Crippen molar-refractivity contribution in [2.24, 2.45) is 5.92 Å². The molecule has 1 amide bonds. The van der Waals surface area contributed by atoms with E-state index in [4.69, 9.17) is 9.15 Å². The summed E-state index contributed by atoms with van der Waals surface area (Å²) in [6.45, 7) is 6.05. The topological polar surface area (TPSA) is 64.7 Å². The quantitative estimate of drug-likeness (QED) is 0.743. The fraction of sp³-hybridized carbons (Fsp3) is 0.444. The molecule has 2 aromatic rings. The molecule has 2 heterocycles. The summed E-state index contributed by atoms with van der Waals surface area (Å²) in [5, 5.41) is 0. The minimum absolute atomic E-state index is 0.108. The number of nitrogens with zero attached hydrogens (tertiary/aromatic N) is 2. The lowest BCUT2D eigenvalue weighted by Crippen LogP contribution is -2.36. The highest BCUT2D eigenvalue weighted by molar-refractivity contribution is 5.91. The zero-order valence-electron chi connectivity index (χ0n) is 14.4. The third-order valence-corrected chi connectivity index (χ3v) is 3.54. The number of amides is 1. The molecule has 0 saturated carbocycles. The molecule has 0 aliphatic heterocycles. The Labute approximate surface area is 141 Å². The van der Waals surface area contributed by atoms with Crippen LogP contribution in [0.25, 0.3) is 0 Å². The van der Waals surface area contributed by atoms with Gasteiger partial charge < -0.3 is 18.6 Å². The molecule has 24 heavy (non-hydrogen) atoms. The van der Waals surface area contributed by atoms with Crippen molar-refractivity contribution in [2.45, 2.75) is 20.4 Å². The van der Waals surface area contributed by atoms with E-state index in [2.05, 4.69) is 13.8 Å². The molecule has 0 fully saturated rings. The van der Waals surface area contributed by atoms with Crippen LogP contribution in [-0.2, 0) is 11.3 Å². The maximum atomic E-state index is 12.6. The van der Waals surface area contributed by atoms with Crippen LogP contribution in [0, 0.1) is 5.92 Å². The van der Waals surface area contributed by atoms with Gasteiger partial charge in [0.25, 0.3) is 11.5 Å². The number of ether oxygens (including phenoxy) is 1. The average molecular weight is 332 g/mol. The number of methoxy groups -OCH3 is 1. The Bertz CT molecular complexity index is 718. The van der Waals surface area contributed by atoms with Crippen LogP contribution in [-0.4, -0.2) is 42.2 Å².